The lowest BCUT2D eigenvalue weighted by Crippen LogP contribution is -2.11. The Labute approximate surface area is 115 Å². The van der Waals surface area contributed by atoms with Crippen molar-refractivity contribution in [1.29, 1.82) is 0 Å². The minimum atomic E-state index is 0.209. The molecule has 1 aliphatic heterocycles. The first-order chi connectivity index (χ1) is 8.77. The van der Waals surface area contributed by atoms with Crippen molar-refractivity contribution in [3.63, 3.8) is 0 Å². The molecule has 0 radical (unpaired) electrons. The van der Waals surface area contributed by atoms with Gasteiger partial charge in [-0.25, -0.2) is 0 Å². The van der Waals surface area contributed by atoms with Gasteiger partial charge in [0.2, 0.25) is 0 Å². The Balaban J connectivity index is 2.08. The average Bonchev–Trinajstić information content (AvgIpc) is 2.41. The molecule has 0 amide bonds. The Morgan fingerprint density at radius 2 is 2.00 bits per heavy atom. The Kier molecular flexibility index (Phi) is 3.06. The monoisotopic (exact) mass is 274 g/mol. The molecule has 3 heteroatoms. The third-order valence-corrected chi connectivity index (χ3v) is 4.41. The summed E-state index contributed by atoms with van der Waals surface area (Å²) in [6.07, 6.45) is 7.98. The van der Waals surface area contributed by atoms with Gasteiger partial charge in [-0.1, -0.05) is 54.1 Å². The van der Waals surface area contributed by atoms with Crippen LogP contribution in [0.5, 0.6) is 0 Å². The van der Waals surface area contributed by atoms with Gasteiger partial charge < -0.3 is 5.11 Å². The van der Waals surface area contributed by atoms with Gasteiger partial charge in [-0.2, -0.15) is 0 Å². The first-order valence-electron chi connectivity index (χ1n) is 5.66. The van der Waals surface area contributed by atoms with E-state index < -0.39 is 0 Å². The number of hydrogen-bond acceptors (Lipinski definition) is 2. The predicted molar refractivity (Wildman–Crippen MR) is 78.7 cm³/mol. The number of rotatable bonds is 1. The number of fused-ring (bicyclic) bond motifs is 1. The number of hydrogen-bond donors (Lipinski definition) is 1. The van der Waals surface area contributed by atoms with Gasteiger partial charge in [0.25, 0.3) is 0 Å². The smallest absolute Gasteiger partial charge is 0.128 e. The van der Waals surface area contributed by atoms with Gasteiger partial charge in [0, 0.05) is 21.7 Å². The topological polar surface area (TPSA) is 20.2 Å². The minimum absolute atomic E-state index is 0.209. The van der Waals surface area contributed by atoms with Crippen molar-refractivity contribution in [2.24, 2.45) is 0 Å². The van der Waals surface area contributed by atoms with Crippen LogP contribution in [0.25, 0.3) is 5.57 Å². The Morgan fingerprint density at radius 1 is 1.17 bits per heavy atom. The summed E-state index contributed by atoms with van der Waals surface area (Å²) in [5.74, 6) is 0.326. The molecule has 2 aliphatic rings. The molecule has 0 saturated carbocycles. The summed E-state index contributed by atoms with van der Waals surface area (Å²) in [4.78, 5) is 0. The van der Waals surface area contributed by atoms with Gasteiger partial charge in [-0.15, -0.1) is 11.8 Å². The van der Waals surface area contributed by atoms with E-state index in [-0.39, 0.29) is 5.25 Å². The van der Waals surface area contributed by atoms with E-state index >= 15 is 0 Å². The SMILES string of the molecule is OC1=C2C=CC=CC2SC=C1c1ccccc1Cl. The van der Waals surface area contributed by atoms with Crippen molar-refractivity contribution < 1.29 is 5.11 Å². The third-order valence-electron chi connectivity index (χ3n) is 3.00. The lowest BCUT2D eigenvalue weighted by atomic mass is 9.98. The zero-order valence-electron chi connectivity index (χ0n) is 9.51. The number of thioether (sulfide) groups is 1. The maximum atomic E-state index is 10.4. The molecule has 1 atom stereocenters. The molecule has 0 aromatic heterocycles. The van der Waals surface area contributed by atoms with Crippen LogP contribution in [-0.4, -0.2) is 10.4 Å². The Morgan fingerprint density at radius 3 is 2.83 bits per heavy atom. The molecule has 1 nitrogen and oxygen atoms in total. The highest BCUT2D eigenvalue weighted by molar-refractivity contribution is 8.03. The minimum Gasteiger partial charge on any atom is -0.507 e. The molecular weight excluding hydrogens is 264 g/mol. The highest BCUT2D eigenvalue weighted by atomic mass is 35.5. The second-order valence-corrected chi connectivity index (χ2v) is 5.54. The van der Waals surface area contributed by atoms with Crippen LogP contribution in [0.15, 0.2) is 65.3 Å². The summed E-state index contributed by atoms with van der Waals surface area (Å²) in [7, 11) is 0. The van der Waals surface area contributed by atoms with Crippen LogP contribution >= 0.6 is 23.4 Å². The highest BCUT2D eigenvalue weighted by Crippen LogP contribution is 2.41. The van der Waals surface area contributed by atoms with Crippen LogP contribution in [0.4, 0.5) is 0 Å². The molecule has 0 fully saturated rings. The summed E-state index contributed by atoms with van der Waals surface area (Å²) in [6.45, 7) is 0. The van der Waals surface area contributed by atoms with Crippen LogP contribution in [0.2, 0.25) is 5.02 Å². The summed E-state index contributed by atoms with van der Waals surface area (Å²) in [6, 6.07) is 7.57. The van der Waals surface area contributed by atoms with Crippen LogP contribution < -0.4 is 0 Å². The predicted octanol–water partition coefficient (Wildman–Crippen LogP) is 4.73. The van der Waals surface area contributed by atoms with E-state index in [2.05, 4.69) is 6.08 Å². The lowest BCUT2D eigenvalue weighted by Gasteiger charge is -2.23. The van der Waals surface area contributed by atoms with Crippen LogP contribution in [0.1, 0.15) is 5.56 Å². The fourth-order valence-corrected chi connectivity index (χ4v) is 3.36. The van der Waals surface area contributed by atoms with E-state index in [1.165, 1.54) is 0 Å². The maximum absolute atomic E-state index is 10.4. The van der Waals surface area contributed by atoms with Crippen LogP contribution in [-0.2, 0) is 0 Å². The molecule has 1 unspecified atom stereocenters. The molecule has 1 N–H and O–H groups in total. The second-order valence-electron chi connectivity index (χ2n) is 4.12. The van der Waals surface area contributed by atoms with E-state index in [0.29, 0.717) is 10.8 Å². The van der Waals surface area contributed by atoms with Crippen molar-refractivity contribution in [2.45, 2.75) is 5.25 Å². The standard InChI is InChI=1S/C15H11ClOS/c16-13-7-3-1-5-10(13)12-9-18-14-8-4-2-6-11(14)15(12)17/h1-9,14,17H. The molecule has 1 aliphatic carbocycles. The summed E-state index contributed by atoms with van der Waals surface area (Å²) >= 11 is 7.87. The van der Waals surface area contributed by atoms with Crippen LogP contribution in [0.3, 0.4) is 0 Å². The molecule has 1 aromatic rings. The number of aliphatic hydroxyl groups is 1. The first-order valence-corrected chi connectivity index (χ1v) is 6.98. The second kappa shape index (κ2) is 4.71. The number of benzene rings is 1. The van der Waals surface area contributed by atoms with E-state index in [1.807, 2.05) is 47.9 Å². The number of halogens is 1. The van der Waals surface area contributed by atoms with Crippen molar-refractivity contribution in [2.75, 3.05) is 0 Å². The van der Waals surface area contributed by atoms with Gasteiger partial charge in [0.15, 0.2) is 0 Å². The van der Waals surface area contributed by atoms with Gasteiger partial charge in [-0.3, -0.25) is 0 Å². The maximum Gasteiger partial charge on any atom is 0.128 e. The third kappa shape index (κ3) is 1.92. The van der Waals surface area contributed by atoms with Crippen molar-refractivity contribution in [3.05, 3.63) is 75.9 Å². The normalized spacial score (nSPS) is 21.8. The molecular formula is C15H11ClOS. The summed E-state index contributed by atoms with van der Waals surface area (Å²) in [5.41, 5.74) is 2.62. The van der Waals surface area contributed by atoms with Crippen molar-refractivity contribution in [3.8, 4) is 0 Å². The zero-order chi connectivity index (χ0) is 12.5. The molecule has 0 spiro atoms. The van der Waals surface area contributed by atoms with Gasteiger partial charge >= 0.3 is 0 Å². The van der Waals surface area contributed by atoms with E-state index in [4.69, 9.17) is 11.6 Å². The molecule has 1 aromatic carbocycles. The first kappa shape index (κ1) is 11.7. The molecule has 90 valence electrons. The molecule has 1 heterocycles. The fraction of sp³-hybridized carbons (Fsp3) is 0.0667. The number of allylic oxidation sites excluding steroid dienone is 4. The lowest BCUT2D eigenvalue weighted by molar-refractivity contribution is 0.431. The molecule has 3 rings (SSSR count). The summed E-state index contributed by atoms with van der Waals surface area (Å²) in [5, 5.41) is 13.2. The highest BCUT2D eigenvalue weighted by Gasteiger charge is 2.24. The Hall–Kier alpha value is -1.38. The zero-order valence-corrected chi connectivity index (χ0v) is 11.1. The van der Waals surface area contributed by atoms with Gasteiger partial charge in [0.1, 0.15) is 5.76 Å². The Bertz CT molecular complexity index is 611. The van der Waals surface area contributed by atoms with E-state index in [0.717, 1.165) is 16.7 Å². The van der Waals surface area contributed by atoms with Gasteiger partial charge in [0.05, 0.1) is 5.25 Å². The average molecular weight is 275 g/mol. The number of aliphatic hydroxyl groups excluding tert-OH is 1. The fourth-order valence-electron chi connectivity index (χ4n) is 2.08. The van der Waals surface area contributed by atoms with Crippen LogP contribution in [0, 0.1) is 0 Å². The quantitative estimate of drug-likeness (QED) is 0.799. The molecule has 18 heavy (non-hydrogen) atoms. The van der Waals surface area contributed by atoms with E-state index in [1.54, 1.807) is 11.8 Å². The molecule has 0 saturated heterocycles. The molecule has 0 bridgehead atoms. The van der Waals surface area contributed by atoms with Crippen molar-refractivity contribution >= 4 is 28.9 Å². The van der Waals surface area contributed by atoms with Gasteiger partial charge in [-0.05, 0) is 11.5 Å². The van der Waals surface area contributed by atoms with E-state index in [9.17, 15) is 5.11 Å². The largest absolute Gasteiger partial charge is 0.507 e. The van der Waals surface area contributed by atoms with Crippen molar-refractivity contribution in [1.82, 2.24) is 0 Å². The summed E-state index contributed by atoms with van der Waals surface area (Å²) < 4.78 is 0.